The summed E-state index contributed by atoms with van der Waals surface area (Å²) in [6, 6.07) is 1.60. The standard InChI is InChI=1S/C19H20N2O6S/c1-6-25-19(24)14-9(3)13-16(22)20-15(21-17(13)28-14)11(5)27-18(23)12-7-8(2)26-10(12)4/h7,11H,6H2,1-5H3,(H,20,21,22)/t11-/m1/s1. The number of furan rings is 1. The second kappa shape index (κ2) is 7.59. The molecule has 3 aromatic rings. The molecule has 3 rings (SSSR count). The molecule has 0 aromatic carbocycles. The van der Waals surface area contributed by atoms with Gasteiger partial charge in [-0.2, -0.15) is 0 Å². The monoisotopic (exact) mass is 404 g/mol. The molecule has 0 radical (unpaired) electrons. The molecule has 3 heterocycles. The average molecular weight is 404 g/mol. The van der Waals surface area contributed by atoms with E-state index in [0.717, 1.165) is 11.3 Å². The second-order valence-corrected chi connectivity index (χ2v) is 7.28. The highest BCUT2D eigenvalue weighted by Gasteiger charge is 2.23. The van der Waals surface area contributed by atoms with E-state index < -0.39 is 23.6 Å². The first kappa shape index (κ1) is 19.8. The zero-order valence-electron chi connectivity index (χ0n) is 16.2. The van der Waals surface area contributed by atoms with E-state index in [4.69, 9.17) is 13.9 Å². The van der Waals surface area contributed by atoms with Gasteiger partial charge in [0.25, 0.3) is 5.56 Å². The molecule has 0 aliphatic heterocycles. The maximum atomic E-state index is 12.5. The number of nitrogens with one attached hydrogen (secondary N) is 1. The molecule has 1 N–H and O–H groups in total. The topological polar surface area (TPSA) is 111 Å². The second-order valence-electron chi connectivity index (χ2n) is 6.28. The Labute approximate surface area is 164 Å². The number of aromatic amines is 1. The zero-order chi connectivity index (χ0) is 20.6. The molecule has 9 heteroatoms. The van der Waals surface area contributed by atoms with Crippen molar-refractivity contribution < 1.29 is 23.5 Å². The molecule has 1 atom stereocenters. The molecule has 0 aliphatic carbocycles. The predicted molar refractivity (Wildman–Crippen MR) is 103 cm³/mol. The van der Waals surface area contributed by atoms with Crippen LogP contribution in [0.25, 0.3) is 10.2 Å². The number of aryl methyl sites for hydroxylation is 3. The minimum absolute atomic E-state index is 0.195. The fraction of sp³-hybridized carbons (Fsp3) is 0.368. The fourth-order valence-corrected chi connectivity index (χ4v) is 3.94. The first-order chi connectivity index (χ1) is 13.2. The molecule has 0 spiro atoms. The Bertz CT molecular complexity index is 1120. The van der Waals surface area contributed by atoms with E-state index in [9.17, 15) is 14.4 Å². The van der Waals surface area contributed by atoms with Gasteiger partial charge in [-0.25, -0.2) is 14.6 Å². The normalized spacial score (nSPS) is 12.2. The van der Waals surface area contributed by atoms with Crippen molar-refractivity contribution in [3.05, 3.63) is 49.8 Å². The van der Waals surface area contributed by atoms with Gasteiger partial charge < -0.3 is 18.9 Å². The van der Waals surface area contributed by atoms with Gasteiger partial charge in [0.1, 0.15) is 26.8 Å². The molecule has 0 amide bonds. The lowest BCUT2D eigenvalue weighted by molar-refractivity contribution is 0.0317. The van der Waals surface area contributed by atoms with Crippen molar-refractivity contribution in [3.8, 4) is 0 Å². The number of H-pyrrole nitrogens is 1. The highest BCUT2D eigenvalue weighted by molar-refractivity contribution is 7.20. The molecule has 0 unspecified atom stereocenters. The minimum atomic E-state index is -0.798. The molecule has 148 valence electrons. The van der Waals surface area contributed by atoms with Gasteiger partial charge in [0.05, 0.1) is 12.0 Å². The van der Waals surface area contributed by atoms with Crippen molar-refractivity contribution in [1.82, 2.24) is 9.97 Å². The lowest BCUT2D eigenvalue weighted by Crippen LogP contribution is -2.17. The van der Waals surface area contributed by atoms with Crippen LogP contribution in [0, 0.1) is 20.8 Å². The van der Waals surface area contributed by atoms with Gasteiger partial charge in [0.2, 0.25) is 0 Å². The largest absolute Gasteiger partial charge is 0.466 e. The van der Waals surface area contributed by atoms with Gasteiger partial charge >= 0.3 is 11.9 Å². The third-order valence-corrected chi connectivity index (χ3v) is 5.38. The van der Waals surface area contributed by atoms with Gasteiger partial charge in [-0.1, -0.05) is 0 Å². The van der Waals surface area contributed by atoms with Gasteiger partial charge in [-0.3, -0.25) is 4.79 Å². The summed E-state index contributed by atoms with van der Waals surface area (Å²) in [6.45, 7) is 8.64. The number of carbonyl (C=O) groups excluding carboxylic acids is 2. The number of aromatic nitrogens is 2. The summed E-state index contributed by atoms with van der Waals surface area (Å²) < 4.78 is 15.8. The summed E-state index contributed by atoms with van der Waals surface area (Å²) in [6.07, 6.45) is -0.798. The minimum Gasteiger partial charge on any atom is -0.466 e. The van der Waals surface area contributed by atoms with E-state index >= 15 is 0 Å². The lowest BCUT2D eigenvalue weighted by atomic mass is 10.2. The van der Waals surface area contributed by atoms with E-state index in [-0.39, 0.29) is 12.4 Å². The number of esters is 2. The van der Waals surface area contributed by atoms with Crippen molar-refractivity contribution in [3.63, 3.8) is 0 Å². The molecule has 8 nitrogen and oxygen atoms in total. The molecule has 0 fully saturated rings. The molecule has 0 aliphatic rings. The Hall–Kier alpha value is -2.94. The van der Waals surface area contributed by atoms with E-state index in [1.807, 2.05) is 0 Å². The fourth-order valence-electron chi connectivity index (χ4n) is 2.86. The predicted octanol–water partition coefficient (Wildman–Crippen LogP) is 3.60. The van der Waals surface area contributed by atoms with Crippen LogP contribution in [0.4, 0.5) is 0 Å². The summed E-state index contributed by atoms with van der Waals surface area (Å²) in [5.41, 5.74) is 0.444. The number of thiophene rings is 1. The Balaban J connectivity index is 1.93. The van der Waals surface area contributed by atoms with E-state index in [1.54, 1.807) is 40.7 Å². The van der Waals surface area contributed by atoms with E-state index in [1.165, 1.54) is 0 Å². The van der Waals surface area contributed by atoms with Gasteiger partial charge in [-0.15, -0.1) is 11.3 Å². The highest BCUT2D eigenvalue weighted by Crippen LogP contribution is 2.29. The van der Waals surface area contributed by atoms with Crippen molar-refractivity contribution in [2.45, 2.75) is 40.7 Å². The first-order valence-corrected chi connectivity index (χ1v) is 9.53. The third kappa shape index (κ3) is 3.57. The average Bonchev–Trinajstić information content (AvgIpc) is 3.14. The number of hydrogen-bond acceptors (Lipinski definition) is 8. The summed E-state index contributed by atoms with van der Waals surface area (Å²) in [4.78, 5) is 44.7. The quantitative estimate of drug-likeness (QED) is 0.647. The van der Waals surface area contributed by atoms with Crippen LogP contribution in [0.3, 0.4) is 0 Å². The Morgan fingerprint density at radius 1 is 1.29 bits per heavy atom. The van der Waals surface area contributed by atoms with Crippen molar-refractivity contribution >= 4 is 33.5 Å². The summed E-state index contributed by atoms with van der Waals surface area (Å²) in [5.74, 6) is 0.193. The van der Waals surface area contributed by atoms with Crippen LogP contribution in [0.15, 0.2) is 15.3 Å². The van der Waals surface area contributed by atoms with E-state index in [2.05, 4.69) is 9.97 Å². The number of carbonyl (C=O) groups is 2. The zero-order valence-corrected chi connectivity index (χ0v) is 17.0. The van der Waals surface area contributed by atoms with Gasteiger partial charge in [0, 0.05) is 0 Å². The van der Waals surface area contributed by atoms with Crippen molar-refractivity contribution in [2.75, 3.05) is 6.61 Å². The molecular formula is C19H20N2O6S. The Kier molecular flexibility index (Phi) is 5.37. The summed E-state index contributed by atoms with van der Waals surface area (Å²) in [7, 11) is 0. The number of fused-ring (bicyclic) bond motifs is 1. The maximum absolute atomic E-state index is 12.5. The van der Waals surface area contributed by atoms with Crippen LogP contribution in [-0.4, -0.2) is 28.5 Å². The maximum Gasteiger partial charge on any atom is 0.348 e. The van der Waals surface area contributed by atoms with Gasteiger partial charge in [0.15, 0.2) is 11.9 Å². The lowest BCUT2D eigenvalue weighted by Gasteiger charge is -2.12. The third-order valence-electron chi connectivity index (χ3n) is 4.21. The Morgan fingerprint density at radius 3 is 2.61 bits per heavy atom. The number of hydrogen-bond donors (Lipinski definition) is 1. The Morgan fingerprint density at radius 2 is 2.00 bits per heavy atom. The molecule has 0 bridgehead atoms. The van der Waals surface area contributed by atoms with Crippen LogP contribution in [-0.2, 0) is 9.47 Å². The van der Waals surface area contributed by atoms with Gasteiger partial charge in [-0.05, 0) is 46.2 Å². The number of ether oxygens (including phenoxy) is 2. The van der Waals surface area contributed by atoms with Crippen molar-refractivity contribution in [2.24, 2.45) is 0 Å². The van der Waals surface area contributed by atoms with Crippen LogP contribution >= 0.6 is 11.3 Å². The number of rotatable bonds is 5. The smallest absolute Gasteiger partial charge is 0.348 e. The molecule has 0 saturated heterocycles. The van der Waals surface area contributed by atoms with Crippen LogP contribution in [0.1, 0.15) is 62.9 Å². The molecular weight excluding hydrogens is 384 g/mol. The molecule has 28 heavy (non-hydrogen) atoms. The summed E-state index contributed by atoms with van der Waals surface area (Å²) >= 11 is 1.08. The van der Waals surface area contributed by atoms with Crippen LogP contribution < -0.4 is 5.56 Å². The van der Waals surface area contributed by atoms with Crippen LogP contribution in [0.5, 0.6) is 0 Å². The van der Waals surface area contributed by atoms with Crippen LogP contribution in [0.2, 0.25) is 0 Å². The van der Waals surface area contributed by atoms with Crippen molar-refractivity contribution in [1.29, 1.82) is 0 Å². The first-order valence-electron chi connectivity index (χ1n) is 8.71. The molecule has 0 saturated carbocycles. The highest BCUT2D eigenvalue weighted by atomic mass is 32.1. The number of nitrogens with zero attached hydrogens (tertiary/aromatic N) is 1. The molecule has 3 aromatic heterocycles. The SMILES string of the molecule is CCOC(=O)c1sc2nc([C@@H](C)OC(=O)c3cc(C)oc3C)[nH]c(=O)c2c1C. The summed E-state index contributed by atoms with van der Waals surface area (Å²) in [5, 5.41) is 0.330. The van der Waals surface area contributed by atoms with E-state index in [0.29, 0.717) is 37.7 Å².